The minimum Gasteiger partial charge on any atom is -0.379 e. The molecular formula is C23H26BrN3O2S2. The summed E-state index contributed by atoms with van der Waals surface area (Å²) < 4.78 is 7.55. The van der Waals surface area contributed by atoms with Gasteiger partial charge in [-0.2, -0.15) is 0 Å². The highest BCUT2D eigenvalue weighted by Crippen LogP contribution is 2.33. The zero-order chi connectivity index (χ0) is 21.6. The maximum atomic E-state index is 13.7. The van der Waals surface area contributed by atoms with Crippen LogP contribution in [0, 0.1) is 0 Å². The first-order valence-electron chi connectivity index (χ1n) is 10.6. The van der Waals surface area contributed by atoms with Crippen LogP contribution < -0.4 is 4.90 Å². The quantitative estimate of drug-likeness (QED) is 0.365. The molecule has 0 spiro atoms. The van der Waals surface area contributed by atoms with Crippen LogP contribution in [-0.2, 0) is 4.74 Å². The van der Waals surface area contributed by atoms with Gasteiger partial charge in [-0.25, -0.2) is 4.98 Å². The molecule has 0 N–H and O–H groups in total. The smallest absolute Gasteiger partial charge is 0.261 e. The van der Waals surface area contributed by atoms with E-state index in [0.29, 0.717) is 6.54 Å². The van der Waals surface area contributed by atoms with Gasteiger partial charge in [-0.05, 0) is 42.5 Å². The van der Waals surface area contributed by atoms with Gasteiger partial charge in [0, 0.05) is 35.5 Å². The zero-order valence-electron chi connectivity index (χ0n) is 17.6. The van der Waals surface area contributed by atoms with Gasteiger partial charge >= 0.3 is 0 Å². The fourth-order valence-electron chi connectivity index (χ4n) is 3.63. The van der Waals surface area contributed by atoms with Crippen molar-refractivity contribution in [1.82, 2.24) is 9.88 Å². The Kier molecular flexibility index (Phi) is 8.01. The largest absolute Gasteiger partial charge is 0.379 e. The predicted molar refractivity (Wildman–Crippen MR) is 134 cm³/mol. The number of morpholine rings is 1. The molecule has 0 radical (unpaired) electrons. The third kappa shape index (κ3) is 5.68. The van der Waals surface area contributed by atoms with Crippen molar-refractivity contribution >= 4 is 60.3 Å². The summed E-state index contributed by atoms with van der Waals surface area (Å²) >= 11 is 6.81. The number of carbonyl (C=O) groups is 1. The third-order valence-electron chi connectivity index (χ3n) is 5.19. The number of ether oxygens (including phenoxy) is 1. The molecule has 2 aromatic carbocycles. The maximum absolute atomic E-state index is 13.7. The Morgan fingerprint density at radius 2 is 2.06 bits per heavy atom. The molecule has 3 aromatic rings. The van der Waals surface area contributed by atoms with E-state index >= 15 is 0 Å². The van der Waals surface area contributed by atoms with Gasteiger partial charge in [0.15, 0.2) is 5.13 Å². The Bertz CT molecular complexity index is 1040. The first-order chi connectivity index (χ1) is 15.2. The van der Waals surface area contributed by atoms with Gasteiger partial charge in [0.1, 0.15) is 0 Å². The second-order valence-corrected chi connectivity index (χ2v) is 10.5. The van der Waals surface area contributed by atoms with Crippen LogP contribution in [0.25, 0.3) is 10.2 Å². The number of hydrogen-bond donors (Lipinski definition) is 0. The van der Waals surface area contributed by atoms with E-state index in [4.69, 9.17) is 9.72 Å². The average Bonchev–Trinajstić information content (AvgIpc) is 3.20. The van der Waals surface area contributed by atoms with Gasteiger partial charge < -0.3 is 4.74 Å². The lowest BCUT2D eigenvalue weighted by atomic mass is 10.2. The standard InChI is InChI=1S/C23H26BrN3O2S2/c1-2-30-20-7-4-3-6-18(20)22(28)27(11-5-10-26-12-14-29-15-13-26)23-25-19-9-8-17(24)16-21(19)31-23/h3-4,6-9,16H,2,5,10-15H2,1H3. The van der Waals surface area contributed by atoms with Crippen LogP contribution in [0.3, 0.4) is 0 Å². The zero-order valence-corrected chi connectivity index (χ0v) is 20.8. The average molecular weight is 521 g/mol. The van der Waals surface area contributed by atoms with E-state index in [1.165, 1.54) is 0 Å². The van der Waals surface area contributed by atoms with Gasteiger partial charge in [-0.15, -0.1) is 11.8 Å². The lowest BCUT2D eigenvalue weighted by Crippen LogP contribution is -2.39. The molecular weight excluding hydrogens is 494 g/mol. The van der Waals surface area contributed by atoms with Crippen LogP contribution in [0.5, 0.6) is 0 Å². The lowest BCUT2D eigenvalue weighted by Gasteiger charge is -2.28. The van der Waals surface area contributed by atoms with Crippen molar-refractivity contribution in [3.8, 4) is 0 Å². The Morgan fingerprint density at radius 1 is 1.26 bits per heavy atom. The molecule has 164 valence electrons. The van der Waals surface area contributed by atoms with E-state index < -0.39 is 0 Å². The maximum Gasteiger partial charge on any atom is 0.261 e. The van der Waals surface area contributed by atoms with Crippen LogP contribution in [0.2, 0.25) is 0 Å². The molecule has 1 aliphatic heterocycles. The van der Waals surface area contributed by atoms with Crippen molar-refractivity contribution in [2.45, 2.75) is 18.2 Å². The Labute approximate surface area is 199 Å². The second-order valence-electron chi connectivity index (χ2n) is 7.30. The molecule has 8 heteroatoms. The Morgan fingerprint density at radius 3 is 2.87 bits per heavy atom. The Hall–Kier alpha value is -1.45. The number of carbonyl (C=O) groups excluding carboxylic acids is 1. The van der Waals surface area contributed by atoms with E-state index in [1.807, 2.05) is 41.3 Å². The fraction of sp³-hybridized carbons (Fsp3) is 0.391. The van der Waals surface area contributed by atoms with E-state index in [2.05, 4.69) is 33.8 Å². The number of halogens is 1. The van der Waals surface area contributed by atoms with Crippen molar-refractivity contribution in [3.63, 3.8) is 0 Å². The number of nitrogens with zero attached hydrogens (tertiary/aromatic N) is 3. The van der Waals surface area contributed by atoms with Crippen LogP contribution >= 0.6 is 39.0 Å². The first kappa shape index (κ1) is 22.7. The predicted octanol–water partition coefficient (Wildman–Crippen LogP) is 5.54. The van der Waals surface area contributed by atoms with E-state index in [0.717, 1.165) is 75.3 Å². The van der Waals surface area contributed by atoms with Crippen molar-refractivity contribution in [2.24, 2.45) is 0 Å². The minimum atomic E-state index is 0.0247. The molecule has 1 amide bonds. The van der Waals surface area contributed by atoms with Gasteiger partial charge in [0.2, 0.25) is 0 Å². The molecule has 31 heavy (non-hydrogen) atoms. The SMILES string of the molecule is CCSc1ccccc1C(=O)N(CCCN1CCOCC1)c1nc2ccc(Br)cc2s1. The summed E-state index contributed by atoms with van der Waals surface area (Å²) in [6, 6.07) is 13.9. The highest BCUT2D eigenvalue weighted by atomic mass is 79.9. The summed E-state index contributed by atoms with van der Waals surface area (Å²) in [5, 5.41) is 0.761. The number of benzene rings is 2. The minimum absolute atomic E-state index is 0.0247. The first-order valence-corrected chi connectivity index (χ1v) is 13.1. The van der Waals surface area contributed by atoms with Crippen LogP contribution in [0.1, 0.15) is 23.7 Å². The summed E-state index contributed by atoms with van der Waals surface area (Å²) in [4.78, 5) is 23.8. The van der Waals surface area contributed by atoms with Gasteiger partial charge in [-0.1, -0.05) is 46.3 Å². The lowest BCUT2D eigenvalue weighted by molar-refractivity contribution is 0.0376. The van der Waals surface area contributed by atoms with Crippen LogP contribution in [-0.4, -0.2) is 60.9 Å². The summed E-state index contributed by atoms with van der Waals surface area (Å²) in [5.74, 6) is 0.952. The molecule has 1 aliphatic rings. The topological polar surface area (TPSA) is 45.7 Å². The van der Waals surface area contributed by atoms with Crippen molar-refractivity contribution in [2.75, 3.05) is 50.0 Å². The summed E-state index contributed by atoms with van der Waals surface area (Å²) in [6.07, 6.45) is 0.897. The molecule has 4 rings (SSSR count). The number of anilines is 1. The summed E-state index contributed by atoms with van der Waals surface area (Å²) in [5.41, 5.74) is 1.67. The van der Waals surface area contributed by atoms with Crippen LogP contribution in [0.4, 0.5) is 5.13 Å². The number of hydrogen-bond acceptors (Lipinski definition) is 6. The third-order valence-corrected chi connectivity index (χ3v) is 7.68. The fourth-order valence-corrected chi connectivity index (χ4v) is 5.97. The van der Waals surface area contributed by atoms with Crippen molar-refractivity contribution in [3.05, 3.63) is 52.5 Å². The summed E-state index contributed by atoms with van der Waals surface area (Å²) in [7, 11) is 0. The molecule has 5 nitrogen and oxygen atoms in total. The number of aromatic nitrogens is 1. The molecule has 0 bridgehead atoms. The number of thiazole rings is 1. The van der Waals surface area contributed by atoms with E-state index in [9.17, 15) is 4.79 Å². The second kappa shape index (κ2) is 10.9. The molecule has 2 heterocycles. The van der Waals surface area contributed by atoms with E-state index in [1.54, 1.807) is 23.1 Å². The molecule has 0 atom stereocenters. The molecule has 0 saturated carbocycles. The number of amides is 1. The van der Waals surface area contributed by atoms with Crippen LogP contribution in [0.15, 0.2) is 51.8 Å². The highest BCUT2D eigenvalue weighted by molar-refractivity contribution is 9.10. The van der Waals surface area contributed by atoms with Gasteiger partial charge in [0.05, 0.1) is 29.0 Å². The molecule has 0 unspecified atom stereocenters. The monoisotopic (exact) mass is 519 g/mol. The van der Waals surface area contributed by atoms with Crippen molar-refractivity contribution in [1.29, 1.82) is 0 Å². The molecule has 1 aromatic heterocycles. The Balaban J connectivity index is 1.60. The molecule has 0 aliphatic carbocycles. The summed E-state index contributed by atoms with van der Waals surface area (Å²) in [6.45, 7) is 7.20. The highest BCUT2D eigenvalue weighted by Gasteiger charge is 2.24. The molecule has 1 fully saturated rings. The number of rotatable bonds is 8. The normalized spacial score (nSPS) is 14.8. The van der Waals surface area contributed by atoms with Crippen molar-refractivity contribution < 1.29 is 9.53 Å². The van der Waals surface area contributed by atoms with E-state index in [-0.39, 0.29) is 5.91 Å². The number of fused-ring (bicyclic) bond motifs is 1. The molecule has 1 saturated heterocycles. The van der Waals surface area contributed by atoms with Gasteiger partial charge in [-0.3, -0.25) is 14.6 Å². The van der Waals surface area contributed by atoms with Gasteiger partial charge in [0.25, 0.3) is 5.91 Å². The number of thioether (sulfide) groups is 1.